The van der Waals surface area contributed by atoms with Crippen LogP contribution in [0.4, 0.5) is 0 Å². The lowest BCUT2D eigenvalue weighted by Gasteiger charge is -2.03. The van der Waals surface area contributed by atoms with Crippen LogP contribution in [0.5, 0.6) is 5.75 Å². The molecular weight excluding hydrogens is 219 g/mol. The molecule has 72 valence electrons. The Morgan fingerprint density at radius 3 is 2.64 bits per heavy atom. The topological polar surface area (TPSA) is 60.7 Å². The first-order valence-corrected chi connectivity index (χ1v) is 5.16. The Bertz CT molecular complexity index is 481. The zero-order valence-corrected chi connectivity index (χ0v) is 8.72. The molecule has 0 saturated heterocycles. The summed E-state index contributed by atoms with van der Waals surface area (Å²) < 4.78 is 1.65. The van der Waals surface area contributed by atoms with E-state index in [2.05, 4.69) is 12.6 Å². The monoisotopic (exact) mass is 226 g/mol. The Balaban J connectivity index is 2.74. The molecule has 1 heterocycles. The van der Waals surface area contributed by atoms with Crippen LogP contribution in [-0.4, -0.2) is 22.3 Å². The second-order valence-electron chi connectivity index (χ2n) is 2.87. The first kappa shape index (κ1) is 9.85. The molecule has 0 unspecified atom stereocenters. The molecule has 2 rings (SSSR count). The van der Waals surface area contributed by atoms with Gasteiger partial charge in [-0.15, -0.1) is 24.0 Å². The van der Waals surface area contributed by atoms with Gasteiger partial charge in [-0.3, -0.25) is 0 Å². The molecule has 0 saturated carbocycles. The van der Waals surface area contributed by atoms with Crippen molar-refractivity contribution in [2.45, 2.75) is 4.21 Å². The van der Waals surface area contributed by atoms with Gasteiger partial charge in [-0.05, 0) is 12.1 Å². The predicted molar refractivity (Wildman–Crippen MR) is 60.6 cm³/mol. The Morgan fingerprint density at radius 1 is 1.29 bits per heavy atom. The standard InChI is InChI=1S/C8H7BO3S2/c10-8-4-3-7(13)14-6(4)2-1-5(8)9(11)12/h1-3,10-13H. The van der Waals surface area contributed by atoms with E-state index in [9.17, 15) is 5.11 Å². The molecule has 14 heavy (non-hydrogen) atoms. The second kappa shape index (κ2) is 3.47. The van der Waals surface area contributed by atoms with Crippen molar-refractivity contribution in [3.05, 3.63) is 18.2 Å². The van der Waals surface area contributed by atoms with Gasteiger partial charge in [-0.1, -0.05) is 6.07 Å². The summed E-state index contributed by atoms with van der Waals surface area (Å²) in [6.07, 6.45) is 0. The highest BCUT2D eigenvalue weighted by molar-refractivity contribution is 7.83. The number of benzene rings is 1. The molecule has 0 bridgehead atoms. The number of thiophene rings is 1. The Kier molecular flexibility index (Phi) is 2.44. The van der Waals surface area contributed by atoms with Crippen molar-refractivity contribution in [1.82, 2.24) is 0 Å². The third-order valence-corrected chi connectivity index (χ3v) is 3.27. The predicted octanol–water partition coefficient (Wildman–Crippen LogP) is 0.575. The van der Waals surface area contributed by atoms with Crippen LogP contribution in [0.15, 0.2) is 22.4 Å². The van der Waals surface area contributed by atoms with Crippen molar-refractivity contribution in [2.24, 2.45) is 0 Å². The summed E-state index contributed by atoms with van der Waals surface area (Å²) >= 11 is 5.59. The van der Waals surface area contributed by atoms with E-state index in [0.29, 0.717) is 5.39 Å². The number of hydrogen-bond acceptors (Lipinski definition) is 5. The second-order valence-corrected chi connectivity index (χ2v) is 4.74. The Labute approximate surface area is 90.2 Å². The molecule has 6 heteroatoms. The van der Waals surface area contributed by atoms with Gasteiger partial charge in [-0.25, -0.2) is 0 Å². The van der Waals surface area contributed by atoms with Crippen LogP contribution in [0.1, 0.15) is 0 Å². The smallest absolute Gasteiger partial charge is 0.492 e. The summed E-state index contributed by atoms with van der Waals surface area (Å²) in [5.74, 6) is -0.0888. The molecule has 0 aliphatic carbocycles. The zero-order chi connectivity index (χ0) is 10.3. The van der Waals surface area contributed by atoms with Crippen LogP contribution in [0, 0.1) is 0 Å². The number of thiol groups is 1. The van der Waals surface area contributed by atoms with Crippen LogP contribution < -0.4 is 5.46 Å². The maximum Gasteiger partial charge on any atom is 0.492 e. The minimum Gasteiger partial charge on any atom is -0.508 e. The third kappa shape index (κ3) is 1.50. The van der Waals surface area contributed by atoms with Crippen molar-refractivity contribution in [3.8, 4) is 5.75 Å². The van der Waals surface area contributed by atoms with E-state index in [1.807, 2.05) is 0 Å². The highest BCUT2D eigenvalue weighted by Crippen LogP contribution is 2.32. The summed E-state index contributed by atoms with van der Waals surface area (Å²) in [4.78, 5) is 0. The van der Waals surface area contributed by atoms with Gasteiger partial charge in [0, 0.05) is 15.5 Å². The Morgan fingerprint density at radius 2 is 2.00 bits per heavy atom. The number of fused-ring (bicyclic) bond motifs is 1. The molecular formula is C8H7BO3S2. The van der Waals surface area contributed by atoms with E-state index < -0.39 is 7.12 Å². The van der Waals surface area contributed by atoms with Gasteiger partial charge in [0.1, 0.15) is 5.75 Å². The quantitative estimate of drug-likeness (QED) is 0.425. The lowest BCUT2D eigenvalue weighted by molar-refractivity contribution is 0.420. The fourth-order valence-corrected chi connectivity index (χ4v) is 2.54. The first-order chi connectivity index (χ1) is 6.59. The summed E-state index contributed by atoms with van der Waals surface area (Å²) in [5, 5.41) is 28.2. The molecule has 3 nitrogen and oxygen atoms in total. The van der Waals surface area contributed by atoms with Crippen LogP contribution in [-0.2, 0) is 0 Å². The number of hydrogen-bond donors (Lipinski definition) is 4. The number of phenols is 1. The fourth-order valence-electron chi connectivity index (χ4n) is 1.31. The van der Waals surface area contributed by atoms with Gasteiger partial charge in [0.2, 0.25) is 0 Å². The highest BCUT2D eigenvalue weighted by atomic mass is 32.2. The summed E-state index contributed by atoms with van der Waals surface area (Å²) in [7, 11) is -1.65. The molecule has 0 aliphatic heterocycles. The number of rotatable bonds is 1. The van der Waals surface area contributed by atoms with Gasteiger partial charge < -0.3 is 15.2 Å². The van der Waals surface area contributed by atoms with Crippen molar-refractivity contribution in [1.29, 1.82) is 0 Å². The summed E-state index contributed by atoms with van der Waals surface area (Å²) in [6.45, 7) is 0. The van der Waals surface area contributed by atoms with E-state index >= 15 is 0 Å². The molecule has 3 N–H and O–H groups in total. The minimum absolute atomic E-state index is 0.0888. The lowest BCUT2D eigenvalue weighted by atomic mass is 9.79. The molecule has 1 aromatic carbocycles. The van der Waals surface area contributed by atoms with Crippen LogP contribution >= 0.6 is 24.0 Å². The van der Waals surface area contributed by atoms with Crippen LogP contribution in [0.3, 0.4) is 0 Å². The number of aromatic hydroxyl groups is 1. The Hall–Kier alpha value is -0.685. The SMILES string of the molecule is OB(O)c1ccc2sc(S)cc2c1O. The molecule has 0 atom stereocenters. The van der Waals surface area contributed by atoms with E-state index in [0.717, 1.165) is 8.91 Å². The molecule has 0 amide bonds. The summed E-state index contributed by atoms with van der Waals surface area (Å²) in [5.41, 5.74) is 0.114. The average molecular weight is 226 g/mol. The molecule has 2 aromatic rings. The van der Waals surface area contributed by atoms with Gasteiger partial charge in [0.25, 0.3) is 0 Å². The molecule has 0 radical (unpaired) electrons. The van der Waals surface area contributed by atoms with Gasteiger partial charge in [0.15, 0.2) is 0 Å². The van der Waals surface area contributed by atoms with Crippen molar-refractivity contribution >= 4 is 46.6 Å². The maximum atomic E-state index is 9.69. The molecule has 0 spiro atoms. The molecule has 0 fully saturated rings. The van der Waals surface area contributed by atoms with Crippen molar-refractivity contribution in [3.63, 3.8) is 0 Å². The fraction of sp³-hybridized carbons (Fsp3) is 0. The van der Waals surface area contributed by atoms with Crippen LogP contribution in [0.2, 0.25) is 0 Å². The van der Waals surface area contributed by atoms with Crippen molar-refractivity contribution < 1.29 is 15.2 Å². The van der Waals surface area contributed by atoms with E-state index in [1.54, 1.807) is 12.1 Å². The van der Waals surface area contributed by atoms with E-state index in [-0.39, 0.29) is 11.2 Å². The zero-order valence-electron chi connectivity index (χ0n) is 7.01. The van der Waals surface area contributed by atoms with Crippen LogP contribution in [0.25, 0.3) is 10.1 Å². The van der Waals surface area contributed by atoms with Gasteiger partial charge >= 0.3 is 7.12 Å². The van der Waals surface area contributed by atoms with E-state index in [1.165, 1.54) is 17.4 Å². The van der Waals surface area contributed by atoms with Gasteiger partial charge in [-0.2, -0.15) is 0 Å². The minimum atomic E-state index is -1.65. The first-order valence-electron chi connectivity index (χ1n) is 3.90. The highest BCUT2D eigenvalue weighted by Gasteiger charge is 2.18. The largest absolute Gasteiger partial charge is 0.508 e. The summed E-state index contributed by atoms with van der Waals surface area (Å²) in [6, 6.07) is 4.92. The normalized spacial score (nSPS) is 10.8. The lowest BCUT2D eigenvalue weighted by Crippen LogP contribution is -2.29. The van der Waals surface area contributed by atoms with E-state index in [4.69, 9.17) is 10.0 Å². The molecule has 0 aliphatic rings. The molecule has 1 aromatic heterocycles. The third-order valence-electron chi connectivity index (χ3n) is 1.97. The average Bonchev–Trinajstić information content (AvgIpc) is 2.46. The van der Waals surface area contributed by atoms with Crippen molar-refractivity contribution in [2.75, 3.05) is 0 Å². The number of phenolic OH excluding ortho intramolecular Hbond substituents is 1. The maximum absolute atomic E-state index is 9.69. The van der Waals surface area contributed by atoms with Gasteiger partial charge in [0.05, 0.1) is 4.21 Å².